The zero-order valence-corrected chi connectivity index (χ0v) is 16.1. The molecule has 3 N–H and O–H groups in total. The van der Waals surface area contributed by atoms with Crippen LogP contribution in [0.2, 0.25) is 0 Å². The van der Waals surface area contributed by atoms with E-state index < -0.39 is 0 Å². The van der Waals surface area contributed by atoms with Crippen LogP contribution in [0.1, 0.15) is 30.6 Å². The summed E-state index contributed by atoms with van der Waals surface area (Å²) in [4.78, 5) is 24.0. The highest BCUT2D eigenvalue weighted by Crippen LogP contribution is 2.28. The van der Waals surface area contributed by atoms with Crippen molar-refractivity contribution in [2.45, 2.75) is 25.9 Å². The molecule has 3 rings (SSSR count). The van der Waals surface area contributed by atoms with E-state index in [9.17, 15) is 9.59 Å². The zero-order chi connectivity index (χ0) is 19.9. The van der Waals surface area contributed by atoms with Crippen molar-refractivity contribution in [3.8, 4) is 5.75 Å². The average molecular weight is 383 g/mol. The minimum Gasteiger partial charge on any atom is -0.495 e. The van der Waals surface area contributed by atoms with Gasteiger partial charge >= 0.3 is 6.03 Å². The maximum absolute atomic E-state index is 12.3. The van der Waals surface area contributed by atoms with E-state index in [4.69, 9.17) is 9.47 Å². The normalized spacial score (nSPS) is 15.3. The fourth-order valence-electron chi connectivity index (χ4n) is 3.13. The third-order valence-electron chi connectivity index (χ3n) is 4.59. The Bertz CT molecular complexity index is 853. The van der Waals surface area contributed by atoms with Gasteiger partial charge in [-0.05, 0) is 35.7 Å². The van der Waals surface area contributed by atoms with Crippen LogP contribution in [-0.4, -0.2) is 32.2 Å². The van der Waals surface area contributed by atoms with E-state index in [-0.39, 0.29) is 18.0 Å². The van der Waals surface area contributed by atoms with Gasteiger partial charge in [-0.2, -0.15) is 0 Å². The number of benzene rings is 2. The van der Waals surface area contributed by atoms with Gasteiger partial charge in [-0.1, -0.05) is 31.2 Å². The van der Waals surface area contributed by atoms with Crippen LogP contribution >= 0.6 is 0 Å². The summed E-state index contributed by atoms with van der Waals surface area (Å²) in [6, 6.07) is 12.8. The molecule has 0 spiro atoms. The molecule has 0 aliphatic carbocycles. The molecule has 1 aliphatic rings. The van der Waals surface area contributed by atoms with Crippen LogP contribution in [0.5, 0.6) is 5.75 Å². The summed E-state index contributed by atoms with van der Waals surface area (Å²) < 4.78 is 11.1. The minimum absolute atomic E-state index is 0.131. The van der Waals surface area contributed by atoms with Crippen LogP contribution in [0, 0.1) is 0 Å². The van der Waals surface area contributed by atoms with Gasteiger partial charge in [0.2, 0.25) is 5.91 Å². The lowest BCUT2D eigenvalue weighted by atomic mass is 9.98. The molecule has 1 aliphatic heterocycles. The van der Waals surface area contributed by atoms with Crippen molar-refractivity contribution in [3.05, 3.63) is 53.6 Å². The fraction of sp³-hybridized carbons (Fsp3) is 0.333. The first kappa shape index (κ1) is 19.7. The molecule has 1 heterocycles. The molecule has 0 unspecified atom stereocenters. The second-order valence-electron chi connectivity index (χ2n) is 6.46. The molecule has 7 heteroatoms. The molecule has 1 atom stereocenters. The van der Waals surface area contributed by atoms with Gasteiger partial charge < -0.3 is 25.4 Å². The molecule has 0 bridgehead atoms. The van der Waals surface area contributed by atoms with Crippen LogP contribution in [-0.2, 0) is 16.0 Å². The molecule has 2 aromatic carbocycles. The second-order valence-corrected chi connectivity index (χ2v) is 6.46. The average Bonchev–Trinajstić information content (AvgIpc) is 2.72. The third-order valence-corrected chi connectivity index (χ3v) is 4.59. The summed E-state index contributed by atoms with van der Waals surface area (Å²) in [5.74, 6) is 0.396. The first-order valence-corrected chi connectivity index (χ1v) is 9.33. The minimum atomic E-state index is -0.343. The highest BCUT2D eigenvalue weighted by atomic mass is 16.5. The third kappa shape index (κ3) is 4.80. The van der Waals surface area contributed by atoms with E-state index in [0.29, 0.717) is 36.7 Å². The Balaban J connectivity index is 1.61. The molecular formula is C21H25N3O4. The molecule has 0 saturated carbocycles. The number of fused-ring (bicyclic) bond motifs is 1. The quantitative estimate of drug-likeness (QED) is 0.713. The number of urea groups is 1. The van der Waals surface area contributed by atoms with Crippen molar-refractivity contribution in [3.63, 3.8) is 0 Å². The number of hydrogen-bond donors (Lipinski definition) is 3. The number of carbonyl (C=O) groups is 2. The Morgan fingerprint density at radius 2 is 2.00 bits per heavy atom. The number of rotatable bonds is 6. The summed E-state index contributed by atoms with van der Waals surface area (Å²) >= 11 is 0. The maximum atomic E-state index is 12.3. The van der Waals surface area contributed by atoms with E-state index in [0.717, 1.165) is 12.0 Å². The lowest BCUT2D eigenvalue weighted by Gasteiger charge is -2.26. The van der Waals surface area contributed by atoms with E-state index in [1.807, 2.05) is 18.2 Å². The van der Waals surface area contributed by atoms with Crippen molar-refractivity contribution >= 4 is 23.3 Å². The second kappa shape index (κ2) is 9.23. The first-order valence-electron chi connectivity index (χ1n) is 9.33. The van der Waals surface area contributed by atoms with Gasteiger partial charge in [0.05, 0.1) is 19.4 Å². The number of hydrogen-bond acceptors (Lipinski definition) is 4. The molecule has 0 aromatic heterocycles. The van der Waals surface area contributed by atoms with Gasteiger partial charge in [0.25, 0.3) is 0 Å². The Morgan fingerprint density at radius 1 is 1.18 bits per heavy atom. The van der Waals surface area contributed by atoms with Crippen molar-refractivity contribution in [1.82, 2.24) is 5.32 Å². The molecule has 0 radical (unpaired) electrons. The number of anilines is 2. The van der Waals surface area contributed by atoms with E-state index >= 15 is 0 Å². The highest BCUT2D eigenvalue weighted by Gasteiger charge is 2.21. The van der Waals surface area contributed by atoms with Crippen LogP contribution in [0.25, 0.3) is 0 Å². The number of methoxy groups -OCH3 is 1. The maximum Gasteiger partial charge on any atom is 0.319 e. The van der Waals surface area contributed by atoms with Gasteiger partial charge in [-0.3, -0.25) is 4.79 Å². The molecule has 148 valence electrons. The van der Waals surface area contributed by atoms with E-state index in [1.54, 1.807) is 25.1 Å². The van der Waals surface area contributed by atoms with Crippen molar-refractivity contribution in [2.24, 2.45) is 0 Å². The van der Waals surface area contributed by atoms with E-state index in [2.05, 4.69) is 22.0 Å². The molecule has 3 amide bonds. The molecule has 2 aromatic rings. The van der Waals surface area contributed by atoms with Crippen LogP contribution < -0.4 is 20.7 Å². The lowest BCUT2D eigenvalue weighted by Crippen LogP contribution is -2.34. The Hall–Kier alpha value is -3.06. The standard InChI is InChI=1S/C21H25N3O4/c1-3-20(25)24-17-12-15(8-9-18(17)27-2)23-21(26)22-13-19-16-7-5-4-6-14(16)10-11-28-19/h4-9,12,19H,3,10-11,13H2,1-2H3,(H,24,25)(H2,22,23,26)/t19-/m0/s1. The highest BCUT2D eigenvalue weighted by molar-refractivity contribution is 5.94. The molecule has 7 nitrogen and oxygen atoms in total. The monoisotopic (exact) mass is 383 g/mol. The van der Waals surface area contributed by atoms with Gasteiger partial charge in [0, 0.05) is 18.7 Å². The smallest absolute Gasteiger partial charge is 0.319 e. The topological polar surface area (TPSA) is 88.7 Å². The summed E-state index contributed by atoms with van der Waals surface area (Å²) in [5, 5.41) is 8.39. The first-order chi connectivity index (χ1) is 13.6. The van der Waals surface area contributed by atoms with Crippen molar-refractivity contribution < 1.29 is 19.1 Å². The van der Waals surface area contributed by atoms with Gasteiger partial charge in [0.1, 0.15) is 11.9 Å². The number of ether oxygens (including phenoxy) is 2. The van der Waals surface area contributed by atoms with Crippen molar-refractivity contribution in [2.75, 3.05) is 30.9 Å². The summed E-state index contributed by atoms with van der Waals surface area (Å²) in [6.07, 6.45) is 1.08. The lowest BCUT2D eigenvalue weighted by molar-refractivity contribution is -0.115. The van der Waals surface area contributed by atoms with Gasteiger partial charge in [0.15, 0.2) is 0 Å². The number of amides is 3. The van der Waals surface area contributed by atoms with Crippen LogP contribution in [0.15, 0.2) is 42.5 Å². The zero-order valence-electron chi connectivity index (χ0n) is 16.1. The molecule has 0 saturated heterocycles. The summed E-state index contributed by atoms with van der Waals surface area (Å²) in [7, 11) is 1.53. The fourth-order valence-corrected chi connectivity index (χ4v) is 3.13. The molecule has 0 fully saturated rings. The van der Waals surface area contributed by atoms with Crippen molar-refractivity contribution in [1.29, 1.82) is 0 Å². The summed E-state index contributed by atoms with van der Waals surface area (Å²) in [6.45, 7) is 2.78. The Labute approximate surface area is 164 Å². The predicted molar refractivity (Wildman–Crippen MR) is 108 cm³/mol. The van der Waals surface area contributed by atoms with Gasteiger partial charge in [-0.25, -0.2) is 4.79 Å². The molecular weight excluding hydrogens is 358 g/mol. The largest absolute Gasteiger partial charge is 0.495 e. The van der Waals surface area contributed by atoms with Crippen LogP contribution in [0.4, 0.5) is 16.2 Å². The van der Waals surface area contributed by atoms with Crippen LogP contribution in [0.3, 0.4) is 0 Å². The Morgan fingerprint density at radius 3 is 2.79 bits per heavy atom. The summed E-state index contributed by atoms with van der Waals surface area (Å²) in [5.41, 5.74) is 3.43. The number of carbonyl (C=O) groups excluding carboxylic acids is 2. The van der Waals surface area contributed by atoms with E-state index in [1.165, 1.54) is 12.7 Å². The Kier molecular flexibility index (Phi) is 6.49. The predicted octanol–water partition coefficient (Wildman–Crippen LogP) is 3.48. The van der Waals surface area contributed by atoms with Gasteiger partial charge in [-0.15, -0.1) is 0 Å². The number of nitrogens with one attached hydrogen (secondary N) is 3. The molecule has 28 heavy (non-hydrogen) atoms. The SMILES string of the molecule is CCC(=O)Nc1cc(NC(=O)NC[C@@H]2OCCc3ccccc32)ccc1OC.